The Kier molecular flexibility index (Phi) is 6.07. The number of nitrogen functional groups attached to an aromatic ring is 1. The van der Waals surface area contributed by atoms with E-state index in [1.165, 1.54) is 4.52 Å². The maximum absolute atomic E-state index is 15.4. The minimum Gasteiger partial charge on any atom is -0.388 e. The molecule has 1 atom stereocenters. The van der Waals surface area contributed by atoms with Gasteiger partial charge in [-0.1, -0.05) is 30.2 Å². The molecule has 2 aromatic heterocycles. The van der Waals surface area contributed by atoms with Gasteiger partial charge >= 0.3 is 0 Å². The van der Waals surface area contributed by atoms with Crippen LogP contribution in [0.5, 0.6) is 0 Å². The van der Waals surface area contributed by atoms with Crippen molar-refractivity contribution < 1.29 is 14.3 Å². The van der Waals surface area contributed by atoms with Gasteiger partial charge in [-0.25, -0.2) is 8.91 Å². The molecule has 4 aromatic rings. The van der Waals surface area contributed by atoms with Crippen LogP contribution in [-0.4, -0.2) is 32.2 Å². The van der Waals surface area contributed by atoms with E-state index in [1.807, 2.05) is 0 Å². The smallest absolute Gasteiger partial charge is 0.254 e. The number of carbonyl (C=O) groups is 1. The fraction of sp³-hybridized carbons (Fsp3) is 0.160. The maximum Gasteiger partial charge on any atom is 0.254 e. The van der Waals surface area contributed by atoms with Crippen LogP contribution in [0, 0.1) is 25.1 Å². The second kappa shape index (κ2) is 9.10. The Balaban J connectivity index is 1.49. The van der Waals surface area contributed by atoms with E-state index in [-0.39, 0.29) is 30.0 Å². The molecular weight excluding hydrogens is 421 g/mol. The number of amides is 1. The summed E-state index contributed by atoms with van der Waals surface area (Å²) in [6.45, 7) is 1.84. The lowest BCUT2D eigenvalue weighted by atomic mass is 9.98. The zero-order valence-corrected chi connectivity index (χ0v) is 17.9. The molecule has 1 amide bonds. The van der Waals surface area contributed by atoms with Crippen molar-refractivity contribution in [3.05, 3.63) is 82.8 Å². The third-order valence-corrected chi connectivity index (χ3v) is 5.41. The average molecular weight is 443 g/mol. The van der Waals surface area contributed by atoms with Crippen LogP contribution in [0.4, 0.5) is 10.3 Å². The van der Waals surface area contributed by atoms with E-state index in [0.717, 1.165) is 5.56 Å². The summed E-state index contributed by atoms with van der Waals surface area (Å²) in [6, 6.07) is 13.6. The van der Waals surface area contributed by atoms with Crippen molar-refractivity contribution >= 4 is 17.5 Å². The van der Waals surface area contributed by atoms with Gasteiger partial charge in [-0.05, 0) is 54.3 Å². The van der Waals surface area contributed by atoms with Crippen molar-refractivity contribution in [2.45, 2.75) is 19.4 Å². The highest BCUT2D eigenvalue weighted by molar-refractivity contribution is 5.97. The summed E-state index contributed by atoms with van der Waals surface area (Å²) in [5.74, 6) is 1.46. The van der Waals surface area contributed by atoms with Gasteiger partial charge in [0.1, 0.15) is 5.82 Å². The molecule has 4 rings (SSSR count). The molecule has 0 saturated heterocycles. The van der Waals surface area contributed by atoms with E-state index < -0.39 is 17.8 Å². The topological polar surface area (TPSA) is 106 Å². The van der Waals surface area contributed by atoms with Gasteiger partial charge in [-0.3, -0.25) is 4.79 Å². The van der Waals surface area contributed by atoms with E-state index in [2.05, 4.69) is 21.3 Å². The number of halogens is 1. The summed E-state index contributed by atoms with van der Waals surface area (Å²) in [5, 5.41) is 17.1. The molecule has 4 N–H and O–H groups in total. The van der Waals surface area contributed by atoms with Crippen LogP contribution in [0.3, 0.4) is 0 Å². The number of fused-ring (bicyclic) bond motifs is 1. The molecule has 7 nitrogen and oxygen atoms in total. The lowest BCUT2D eigenvalue weighted by Crippen LogP contribution is -2.27. The summed E-state index contributed by atoms with van der Waals surface area (Å²) in [5.41, 5.74) is 8.78. The largest absolute Gasteiger partial charge is 0.388 e. The Morgan fingerprint density at radius 3 is 2.76 bits per heavy atom. The molecule has 0 saturated carbocycles. The van der Waals surface area contributed by atoms with Gasteiger partial charge in [0.2, 0.25) is 5.95 Å². The van der Waals surface area contributed by atoms with E-state index in [4.69, 9.17) is 12.2 Å². The molecule has 0 radical (unpaired) electrons. The highest BCUT2D eigenvalue weighted by atomic mass is 19.1. The lowest BCUT2D eigenvalue weighted by Gasteiger charge is -2.14. The van der Waals surface area contributed by atoms with E-state index >= 15 is 4.39 Å². The molecule has 8 heteroatoms. The second-order valence-corrected chi connectivity index (χ2v) is 7.63. The van der Waals surface area contributed by atoms with E-state index in [9.17, 15) is 9.90 Å². The number of pyridine rings is 1. The summed E-state index contributed by atoms with van der Waals surface area (Å²) in [6.07, 6.45) is 6.46. The van der Waals surface area contributed by atoms with Crippen molar-refractivity contribution in [2.75, 3.05) is 12.3 Å². The quantitative estimate of drug-likeness (QED) is 0.397. The number of aryl methyl sites for hydroxylation is 1. The minimum atomic E-state index is -0.781. The van der Waals surface area contributed by atoms with Gasteiger partial charge in [-0.15, -0.1) is 11.5 Å². The molecule has 0 aliphatic carbocycles. The molecule has 0 unspecified atom stereocenters. The van der Waals surface area contributed by atoms with Crippen molar-refractivity contribution in [1.29, 1.82) is 0 Å². The Morgan fingerprint density at radius 1 is 1.27 bits per heavy atom. The molecule has 166 valence electrons. The van der Waals surface area contributed by atoms with Crippen LogP contribution >= 0.6 is 0 Å². The van der Waals surface area contributed by atoms with E-state index in [1.54, 1.807) is 61.7 Å². The standard InChI is InChI=1S/C25H22FN5O2/c1-3-16-5-7-17(8-6-16)20(32)10-12-28-24(33)22-15(2)4-9-19(23(22)26)18-11-13-31-21(14-18)29-25(27)30-31/h1,4-9,11,13-14,20,32H,10,12H2,2H3,(H2,27,30)(H,28,33)/t20-/m0/s1. The summed E-state index contributed by atoms with van der Waals surface area (Å²) in [7, 11) is 0. The fourth-order valence-corrected chi connectivity index (χ4v) is 3.62. The number of aliphatic hydroxyl groups is 1. The number of hydrogen-bond acceptors (Lipinski definition) is 5. The molecule has 0 aliphatic heterocycles. The molecule has 0 bridgehead atoms. The van der Waals surface area contributed by atoms with Crippen LogP contribution < -0.4 is 11.1 Å². The molecule has 0 fully saturated rings. The summed E-state index contributed by atoms with van der Waals surface area (Å²) in [4.78, 5) is 16.9. The van der Waals surface area contributed by atoms with Crippen molar-refractivity contribution in [3.8, 4) is 23.5 Å². The normalized spacial score (nSPS) is 11.8. The first-order valence-corrected chi connectivity index (χ1v) is 10.3. The monoisotopic (exact) mass is 443 g/mol. The summed E-state index contributed by atoms with van der Waals surface area (Å²) >= 11 is 0. The Hall–Kier alpha value is -4.22. The van der Waals surface area contributed by atoms with Crippen molar-refractivity contribution in [3.63, 3.8) is 0 Å². The van der Waals surface area contributed by atoms with Crippen LogP contribution in [0.1, 0.15) is 39.6 Å². The average Bonchev–Trinajstić information content (AvgIpc) is 3.18. The number of rotatable bonds is 6. The van der Waals surface area contributed by atoms with E-state index in [0.29, 0.717) is 22.3 Å². The van der Waals surface area contributed by atoms with Crippen LogP contribution in [0.15, 0.2) is 54.7 Å². The number of aliphatic hydroxyl groups excluding tert-OH is 1. The number of aromatic nitrogens is 3. The minimum absolute atomic E-state index is 0.0405. The maximum atomic E-state index is 15.4. The number of terminal acetylenes is 1. The Labute approximate surface area is 190 Å². The number of nitrogens with one attached hydrogen (secondary N) is 1. The van der Waals surface area contributed by atoms with Crippen LogP contribution in [0.25, 0.3) is 16.8 Å². The zero-order chi connectivity index (χ0) is 23.5. The van der Waals surface area contributed by atoms with Gasteiger partial charge in [0.25, 0.3) is 5.91 Å². The predicted octanol–water partition coefficient (Wildman–Crippen LogP) is 3.26. The highest BCUT2D eigenvalue weighted by Gasteiger charge is 2.20. The lowest BCUT2D eigenvalue weighted by molar-refractivity contribution is 0.0938. The molecule has 0 aliphatic rings. The van der Waals surface area contributed by atoms with Gasteiger partial charge in [0.15, 0.2) is 5.65 Å². The number of nitrogens with two attached hydrogens (primary N) is 1. The molecule has 2 aromatic carbocycles. The number of hydrogen-bond donors (Lipinski definition) is 3. The fourth-order valence-electron chi connectivity index (χ4n) is 3.62. The number of nitrogens with zero attached hydrogens (tertiary/aromatic N) is 3. The summed E-state index contributed by atoms with van der Waals surface area (Å²) < 4.78 is 16.9. The third-order valence-electron chi connectivity index (χ3n) is 5.41. The van der Waals surface area contributed by atoms with Gasteiger partial charge in [0.05, 0.1) is 11.7 Å². The number of benzene rings is 2. The van der Waals surface area contributed by atoms with Gasteiger partial charge in [-0.2, -0.15) is 4.98 Å². The van der Waals surface area contributed by atoms with Crippen molar-refractivity contribution in [1.82, 2.24) is 19.9 Å². The zero-order valence-electron chi connectivity index (χ0n) is 17.9. The third kappa shape index (κ3) is 4.54. The van der Waals surface area contributed by atoms with Crippen LogP contribution in [0.2, 0.25) is 0 Å². The number of anilines is 1. The molecule has 0 spiro atoms. The van der Waals surface area contributed by atoms with Gasteiger partial charge < -0.3 is 16.2 Å². The number of carbonyl (C=O) groups excluding carboxylic acids is 1. The van der Waals surface area contributed by atoms with Crippen LogP contribution in [-0.2, 0) is 0 Å². The molecular formula is C25H22FN5O2. The molecule has 33 heavy (non-hydrogen) atoms. The first-order valence-electron chi connectivity index (χ1n) is 10.3. The first kappa shape index (κ1) is 22.0. The van der Waals surface area contributed by atoms with Crippen molar-refractivity contribution in [2.24, 2.45) is 0 Å². The Morgan fingerprint density at radius 2 is 2.03 bits per heavy atom. The SMILES string of the molecule is C#Cc1ccc([C@@H](O)CCNC(=O)c2c(C)ccc(-c3ccn4nc(N)nc4c3)c2F)cc1. The Bertz CT molecular complexity index is 1370. The first-order chi connectivity index (χ1) is 15.9. The molecule has 2 heterocycles. The second-order valence-electron chi connectivity index (χ2n) is 7.63. The van der Waals surface area contributed by atoms with Gasteiger partial charge in [0, 0.05) is 23.9 Å². The highest BCUT2D eigenvalue weighted by Crippen LogP contribution is 2.28. The predicted molar refractivity (Wildman–Crippen MR) is 124 cm³/mol.